The Balaban J connectivity index is 1.82. The van der Waals surface area contributed by atoms with Gasteiger partial charge in [0.25, 0.3) is 0 Å². The second kappa shape index (κ2) is 4.91. The summed E-state index contributed by atoms with van der Waals surface area (Å²) >= 11 is 3.41. The van der Waals surface area contributed by atoms with Crippen LogP contribution in [0.1, 0.15) is 12.0 Å². The zero-order valence-electron chi connectivity index (χ0n) is 8.00. The van der Waals surface area contributed by atoms with Crippen LogP contribution in [-0.4, -0.2) is 19.2 Å². The molecule has 2 rings (SSSR count). The van der Waals surface area contributed by atoms with Gasteiger partial charge in [0.1, 0.15) is 0 Å². The van der Waals surface area contributed by atoms with Crippen molar-refractivity contribution >= 4 is 15.9 Å². The molecule has 0 radical (unpaired) electrons. The molecule has 0 aliphatic carbocycles. The van der Waals surface area contributed by atoms with Gasteiger partial charge in [-0.1, -0.05) is 28.1 Å². The normalized spacial score (nSPS) is 21.4. The molecule has 0 unspecified atom stereocenters. The Hall–Kier alpha value is -0.380. The van der Waals surface area contributed by atoms with Gasteiger partial charge in [-0.2, -0.15) is 0 Å². The number of benzene rings is 1. The predicted molar refractivity (Wildman–Crippen MR) is 60.2 cm³/mol. The summed E-state index contributed by atoms with van der Waals surface area (Å²) in [5, 5.41) is 3.29. The smallest absolute Gasteiger partial charge is 0.0721 e. The van der Waals surface area contributed by atoms with E-state index in [1.54, 1.807) is 0 Å². The van der Waals surface area contributed by atoms with Crippen LogP contribution < -0.4 is 5.32 Å². The Bertz CT molecular complexity index is 280. The van der Waals surface area contributed by atoms with Gasteiger partial charge in [-0.05, 0) is 30.7 Å². The molecule has 0 spiro atoms. The van der Waals surface area contributed by atoms with Gasteiger partial charge in [0.05, 0.1) is 12.7 Å². The average molecular weight is 256 g/mol. The molecular formula is C11H14BrNO. The minimum Gasteiger partial charge on any atom is -0.372 e. The van der Waals surface area contributed by atoms with Crippen molar-refractivity contribution in [2.75, 3.05) is 13.1 Å². The Morgan fingerprint density at radius 2 is 2.14 bits per heavy atom. The Labute approximate surface area is 92.8 Å². The molecule has 1 aromatic rings. The van der Waals surface area contributed by atoms with E-state index in [1.807, 2.05) is 12.1 Å². The van der Waals surface area contributed by atoms with Crippen molar-refractivity contribution in [3.63, 3.8) is 0 Å². The van der Waals surface area contributed by atoms with E-state index in [0.717, 1.165) is 30.6 Å². The number of rotatable bonds is 3. The molecular weight excluding hydrogens is 242 g/mol. The highest BCUT2D eigenvalue weighted by Crippen LogP contribution is 2.13. The predicted octanol–water partition coefficient (Wildman–Crippen LogP) is 2.33. The van der Waals surface area contributed by atoms with Crippen LogP contribution in [0.2, 0.25) is 0 Å². The van der Waals surface area contributed by atoms with Crippen molar-refractivity contribution in [3.05, 3.63) is 34.3 Å². The number of ether oxygens (including phenoxy) is 1. The van der Waals surface area contributed by atoms with Crippen LogP contribution in [0, 0.1) is 0 Å². The van der Waals surface area contributed by atoms with Gasteiger partial charge < -0.3 is 10.1 Å². The number of hydrogen-bond acceptors (Lipinski definition) is 2. The van der Waals surface area contributed by atoms with Gasteiger partial charge >= 0.3 is 0 Å². The van der Waals surface area contributed by atoms with Gasteiger partial charge in [-0.15, -0.1) is 0 Å². The summed E-state index contributed by atoms with van der Waals surface area (Å²) in [6.07, 6.45) is 1.54. The zero-order valence-corrected chi connectivity index (χ0v) is 9.59. The average Bonchev–Trinajstić information content (AvgIpc) is 2.70. The molecule has 0 bridgehead atoms. The first-order valence-electron chi connectivity index (χ1n) is 4.91. The molecule has 0 aromatic heterocycles. The first-order chi connectivity index (χ1) is 6.84. The highest BCUT2D eigenvalue weighted by atomic mass is 79.9. The first kappa shape index (κ1) is 10.1. The maximum absolute atomic E-state index is 5.75. The quantitative estimate of drug-likeness (QED) is 0.896. The molecule has 1 saturated heterocycles. The van der Waals surface area contributed by atoms with Crippen LogP contribution in [0.4, 0.5) is 0 Å². The fourth-order valence-electron chi connectivity index (χ4n) is 1.57. The molecule has 2 nitrogen and oxygen atoms in total. The summed E-state index contributed by atoms with van der Waals surface area (Å²) < 4.78 is 6.87. The van der Waals surface area contributed by atoms with Crippen LogP contribution in [0.15, 0.2) is 28.7 Å². The van der Waals surface area contributed by atoms with E-state index in [9.17, 15) is 0 Å². The van der Waals surface area contributed by atoms with E-state index in [0.29, 0.717) is 6.10 Å². The van der Waals surface area contributed by atoms with Crippen molar-refractivity contribution in [2.45, 2.75) is 19.1 Å². The topological polar surface area (TPSA) is 21.3 Å². The summed E-state index contributed by atoms with van der Waals surface area (Å²) in [4.78, 5) is 0. The molecule has 0 amide bonds. The molecule has 1 heterocycles. The second-order valence-corrected chi connectivity index (χ2v) is 4.47. The highest BCUT2D eigenvalue weighted by molar-refractivity contribution is 9.10. The summed E-state index contributed by atoms with van der Waals surface area (Å²) in [6.45, 7) is 2.81. The van der Waals surface area contributed by atoms with Crippen LogP contribution >= 0.6 is 15.9 Å². The number of hydrogen-bond donors (Lipinski definition) is 1. The first-order valence-corrected chi connectivity index (χ1v) is 5.70. The third-order valence-corrected chi connectivity index (χ3v) is 2.94. The molecule has 1 atom stereocenters. The van der Waals surface area contributed by atoms with Gasteiger partial charge in [0.2, 0.25) is 0 Å². The monoisotopic (exact) mass is 255 g/mol. The molecule has 1 N–H and O–H groups in total. The van der Waals surface area contributed by atoms with Gasteiger partial charge in [-0.3, -0.25) is 0 Å². The van der Waals surface area contributed by atoms with E-state index in [1.165, 1.54) is 5.56 Å². The summed E-state index contributed by atoms with van der Waals surface area (Å²) in [6, 6.07) is 8.27. The lowest BCUT2D eigenvalue weighted by atomic mass is 10.2. The Kier molecular flexibility index (Phi) is 3.56. The van der Waals surface area contributed by atoms with E-state index >= 15 is 0 Å². The third-order valence-electron chi connectivity index (χ3n) is 2.41. The van der Waals surface area contributed by atoms with Crippen LogP contribution in [0.3, 0.4) is 0 Å². The van der Waals surface area contributed by atoms with Crippen molar-refractivity contribution in [2.24, 2.45) is 0 Å². The zero-order chi connectivity index (χ0) is 9.80. The molecule has 14 heavy (non-hydrogen) atoms. The molecule has 76 valence electrons. The maximum atomic E-state index is 5.75. The third kappa shape index (κ3) is 2.80. The molecule has 1 fully saturated rings. The lowest BCUT2D eigenvalue weighted by Gasteiger charge is -2.10. The van der Waals surface area contributed by atoms with Crippen molar-refractivity contribution in [1.82, 2.24) is 5.32 Å². The van der Waals surface area contributed by atoms with Crippen molar-refractivity contribution in [1.29, 1.82) is 0 Å². The van der Waals surface area contributed by atoms with Crippen molar-refractivity contribution < 1.29 is 4.74 Å². The Morgan fingerprint density at radius 3 is 2.79 bits per heavy atom. The van der Waals surface area contributed by atoms with E-state index in [4.69, 9.17) is 4.74 Å². The van der Waals surface area contributed by atoms with Crippen LogP contribution in [0.5, 0.6) is 0 Å². The fourth-order valence-corrected chi connectivity index (χ4v) is 1.83. The number of halogens is 1. The largest absolute Gasteiger partial charge is 0.372 e. The second-order valence-electron chi connectivity index (χ2n) is 3.55. The lowest BCUT2D eigenvalue weighted by molar-refractivity contribution is 0.0542. The lowest BCUT2D eigenvalue weighted by Crippen LogP contribution is -2.16. The minimum atomic E-state index is 0.402. The molecule has 1 aromatic carbocycles. The fraction of sp³-hybridized carbons (Fsp3) is 0.455. The van der Waals surface area contributed by atoms with Crippen molar-refractivity contribution in [3.8, 4) is 0 Å². The standard InChI is InChI=1S/C11H14BrNO/c12-10-3-1-9(2-4-10)8-14-11-5-6-13-7-11/h1-4,11,13H,5-8H2/t11-/m0/s1. The molecule has 1 aliphatic rings. The summed E-state index contributed by atoms with van der Waals surface area (Å²) in [5.41, 5.74) is 1.24. The van der Waals surface area contributed by atoms with E-state index in [2.05, 4.69) is 33.4 Å². The molecule has 1 aliphatic heterocycles. The summed E-state index contributed by atoms with van der Waals surface area (Å²) in [7, 11) is 0. The van der Waals surface area contributed by atoms with Gasteiger partial charge in [-0.25, -0.2) is 0 Å². The van der Waals surface area contributed by atoms with Crippen LogP contribution in [-0.2, 0) is 11.3 Å². The molecule has 0 saturated carbocycles. The van der Waals surface area contributed by atoms with Crippen LogP contribution in [0.25, 0.3) is 0 Å². The number of nitrogens with one attached hydrogen (secondary N) is 1. The van der Waals surface area contributed by atoms with E-state index in [-0.39, 0.29) is 0 Å². The Morgan fingerprint density at radius 1 is 1.36 bits per heavy atom. The van der Waals surface area contributed by atoms with E-state index < -0.39 is 0 Å². The van der Waals surface area contributed by atoms with Gasteiger partial charge in [0.15, 0.2) is 0 Å². The molecule has 3 heteroatoms. The SMILES string of the molecule is Brc1ccc(CO[C@H]2CCNC2)cc1. The summed E-state index contributed by atoms with van der Waals surface area (Å²) in [5.74, 6) is 0. The minimum absolute atomic E-state index is 0.402. The van der Waals surface area contributed by atoms with Gasteiger partial charge in [0, 0.05) is 11.0 Å². The highest BCUT2D eigenvalue weighted by Gasteiger charge is 2.14. The maximum Gasteiger partial charge on any atom is 0.0721 e.